The van der Waals surface area contributed by atoms with E-state index in [-0.39, 0.29) is 12.8 Å². The molecule has 1 N–H and O–H groups in total. The Morgan fingerprint density at radius 2 is 1.86 bits per heavy atom. The van der Waals surface area contributed by atoms with E-state index >= 15 is 0 Å². The Labute approximate surface area is 130 Å². The van der Waals surface area contributed by atoms with Gasteiger partial charge in [-0.05, 0) is 36.6 Å². The number of fused-ring (bicyclic) bond motifs is 1. The number of nitrogens with zero attached hydrogens (tertiary/aromatic N) is 1. The van der Waals surface area contributed by atoms with E-state index in [0.29, 0.717) is 6.54 Å². The van der Waals surface area contributed by atoms with E-state index in [1.165, 1.54) is 16.7 Å². The molecule has 3 rings (SSSR count). The van der Waals surface area contributed by atoms with Gasteiger partial charge in [0.15, 0.2) is 6.73 Å². The third-order valence-corrected chi connectivity index (χ3v) is 3.90. The standard InChI is InChI=1S/C18H20N2O2/c1-14-6-8-17(9-7-14)22-13-19-18(21)20-11-10-15-4-2-3-5-16(15)12-20/h2-9H,10-13H2,1H3,(H,19,21). The largest absolute Gasteiger partial charge is 0.473 e. The van der Waals surface area contributed by atoms with Gasteiger partial charge in [-0.3, -0.25) is 0 Å². The van der Waals surface area contributed by atoms with Crippen molar-refractivity contribution in [1.29, 1.82) is 0 Å². The summed E-state index contributed by atoms with van der Waals surface area (Å²) in [6.07, 6.45) is 0.905. The summed E-state index contributed by atoms with van der Waals surface area (Å²) >= 11 is 0. The molecule has 0 aromatic heterocycles. The summed E-state index contributed by atoms with van der Waals surface area (Å²) < 4.78 is 5.53. The lowest BCUT2D eigenvalue weighted by atomic mass is 10.0. The second-order valence-corrected chi connectivity index (χ2v) is 5.52. The number of hydrogen-bond acceptors (Lipinski definition) is 2. The molecule has 4 heteroatoms. The van der Waals surface area contributed by atoms with Crippen molar-refractivity contribution in [3.05, 3.63) is 65.2 Å². The maximum atomic E-state index is 12.2. The van der Waals surface area contributed by atoms with Crippen LogP contribution in [0.15, 0.2) is 48.5 Å². The fourth-order valence-corrected chi connectivity index (χ4v) is 2.60. The minimum atomic E-state index is -0.0818. The molecule has 0 radical (unpaired) electrons. The van der Waals surface area contributed by atoms with E-state index < -0.39 is 0 Å². The van der Waals surface area contributed by atoms with Crippen LogP contribution in [0.5, 0.6) is 5.75 Å². The first-order valence-corrected chi connectivity index (χ1v) is 7.51. The third kappa shape index (κ3) is 3.39. The molecular weight excluding hydrogens is 276 g/mol. The molecule has 2 aromatic carbocycles. The van der Waals surface area contributed by atoms with Crippen LogP contribution in [-0.4, -0.2) is 24.2 Å². The van der Waals surface area contributed by atoms with Gasteiger partial charge in [-0.15, -0.1) is 0 Å². The predicted octanol–water partition coefficient (Wildman–Crippen LogP) is 3.10. The molecule has 0 saturated carbocycles. The van der Waals surface area contributed by atoms with Gasteiger partial charge in [-0.1, -0.05) is 42.0 Å². The summed E-state index contributed by atoms with van der Waals surface area (Å²) in [6.45, 7) is 3.61. The van der Waals surface area contributed by atoms with Gasteiger partial charge in [0.25, 0.3) is 0 Å². The molecule has 2 aromatic rings. The SMILES string of the molecule is Cc1ccc(OCNC(=O)N2CCc3ccccc3C2)cc1. The summed E-state index contributed by atoms with van der Waals surface area (Å²) in [7, 11) is 0. The lowest BCUT2D eigenvalue weighted by Gasteiger charge is -2.28. The van der Waals surface area contributed by atoms with E-state index in [4.69, 9.17) is 4.74 Å². The maximum absolute atomic E-state index is 12.2. The quantitative estimate of drug-likeness (QED) is 0.884. The Morgan fingerprint density at radius 1 is 1.14 bits per heavy atom. The number of rotatable bonds is 3. The van der Waals surface area contributed by atoms with Gasteiger partial charge in [-0.2, -0.15) is 0 Å². The molecule has 22 heavy (non-hydrogen) atoms. The fourth-order valence-electron chi connectivity index (χ4n) is 2.60. The topological polar surface area (TPSA) is 41.6 Å². The predicted molar refractivity (Wildman–Crippen MR) is 85.8 cm³/mol. The number of hydrogen-bond donors (Lipinski definition) is 1. The summed E-state index contributed by atoms with van der Waals surface area (Å²) in [5.41, 5.74) is 3.74. The first-order chi connectivity index (χ1) is 10.7. The monoisotopic (exact) mass is 296 g/mol. The van der Waals surface area contributed by atoms with Crippen LogP contribution in [0, 0.1) is 6.92 Å². The van der Waals surface area contributed by atoms with Crippen molar-refractivity contribution in [1.82, 2.24) is 10.2 Å². The summed E-state index contributed by atoms with van der Waals surface area (Å²) in [6, 6.07) is 16.0. The lowest BCUT2D eigenvalue weighted by Crippen LogP contribution is -2.43. The van der Waals surface area contributed by atoms with Gasteiger partial charge in [0.1, 0.15) is 5.75 Å². The Bertz CT molecular complexity index is 652. The highest BCUT2D eigenvalue weighted by Gasteiger charge is 2.19. The van der Waals surface area contributed by atoms with Gasteiger partial charge in [0, 0.05) is 13.1 Å². The number of benzene rings is 2. The number of amides is 2. The number of carbonyl (C=O) groups excluding carboxylic acids is 1. The Kier molecular flexibility index (Phi) is 4.28. The van der Waals surface area contributed by atoms with Crippen LogP contribution in [0.4, 0.5) is 4.79 Å². The first kappa shape index (κ1) is 14.4. The third-order valence-electron chi connectivity index (χ3n) is 3.90. The summed E-state index contributed by atoms with van der Waals surface area (Å²) in [4.78, 5) is 14.0. The van der Waals surface area contributed by atoms with Gasteiger partial charge < -0.3 is 15.0 Å². The zero-order valence-electron chi connectivity index (χ0n) is 12.7. The van der Waals surface area contributed by atoms with Crippen molar-refractivity contribution < 1.29 is 9.53 Å². The summed E-state index contributed by atoms with van der Waals surface area (Å²) in [5.74, 6) is 0.759. The second-order valence-electron chi connectivity index (χ2n) is 5.52. The normalized spacial score (nSPS) is 13.4. The van der Waals surface area contributed by atoms with Crippen molar-refractivity contribution >= 4 is 6.03 Å². The molecule has 0 atom stereocenters. The number of urea groups is 1. The lowest BCUT2D eigenvalue weighted by molar-refractivity contribution is 0.179. The van der Waals surface area contributed by atoms with Crippen LogP contribution < -0.4 is 10.1 Å². The molecule has 0 saturated heterocycles. The van der Waals surface area contributed by atoms with Crippen LogP contribution in [0.1, 0.15) is 16.7 Å². The number of aryl methyl sites for hydroxylation is 1. The van der Waals surface area contributed by atoms with Gasteiger partial charge in [0.2, 0.25) is 0 Å². The van der Waals surface area contributed by atoms with Gasteiger partial charge in [0.05, 0.1) is 0 Å². The molecule has 0 aliphatic carbocycles. The number of nitrogens with one attached hydrogen (secondary N) is 1. The Morgan fingerprint density at radius 3 is 2.64 bits per heavy atom. The highest BCUT2D eigenvalue weighted by atomic mass is 16.5. The van der Waals surface area contributed by atoms with E-state index in [1.807, 2.05) is 48.2 Å². The average molecular weight is 296 g/mol. The summed E-state index contributed by atoms with van der Waals surface area (Å²) in [5, 5.41) is 2.81. The minimum absolute atomic E-state index is 0.0818. The van der Waals surface area contributed by atoms with E-state index in [2.05, 4.69) is 17.4 Å². The van der Waals surface area contributed by atoms with Crippen LogP contribution in [0.3, 0.4) is 0 Å². The van der Waals surface area contributed by atoms with Crippen LogP contribution >= 0.6 is 0 Å². The fraction of sp³-hybridized carbons (Fsp3) is 0.278. The molecule has 1 heterocycles. The highest BCUT2D eigenvalue weighted by Crippen LogP contribution is 2.18. The molecule has 114 valence electrons. The van der Waals surface area contributed by atoms with Crippen LogP contribution in [0.25, 0.3) is 0 Å². The van der Waals surface area contributed by atoms with Gasteiger partial charge >= 0.3 is 6.03 Å². The molecule has 2 amide bonds. The molecule has 1 aliphatic heterocycles. The molecule has 0 unspecified atom stereocenters. The van der Waals surface area contributed by atoms with E-state index in [1.54, 1.807) is 0 Å². The maximum Gasteiger partial charge on any atom is 0.320 e. The molecule has 4 nitrogen and oxygen atoms in total. The molecular formula is C18H20N2O2. The van der Waals surface area contributed by atoms with Gasteiger partial charge in [-0.25, -0.2) is 4.79 Å². The smallest absolute Gasteiger partial charge is 0.320 e. The Hall–Kier alpha value is -2.49. The number of carbonyl (C=O) groups is 1. The van der Waals surface area contributed by atoms with Crippen LogP contribution in [0.2, 0.25) is 0 Å². The zero-order valence-corrected chi connectivity index (χ0v) is 12.7. The molecule has 0 fully saturated rings. The second kappa shape index (κ2) is 6.52. The van der Waals surface area contributed by atoms with Crippen molar-refractivity contribution in [3.63, 3.8) is 0 Å². The van der Waals surface area contributed by atoms with Crippen molar-refractivity contribution in [3.8, 4) is 5.75 Å². The molecule has 1 aliphatic rings. The van der Waals surface area contributed by atoms with E-state index in [9.17, 15) is 4.79 Å². The van der Waals surface area contributed by atoms with Crippen molar-refractivity contribution in [2.24, 2.45) is 0 Å². The molecule has 0 spiro atoms. The van der Waals surface area contributed by atoms with Crippen molar-refractivity contribution in [2.75, 3.05) is 13.3 Å². The Balaban J connectivity index is 1.50. The van der Waals surface area contributed by atoms with Crippen molar-refractivity contribution in [2.45, 2.75) is 19.9 Å². The molecule has 0 bridgehead atoms. The first-order valence-electron chi connectivity index (χ1n) is 7.51. The minimum Gasteiger partial charge on any atom is -0.473 e. The highest BCUT2D eigenvalue weighted by molar-refractivity contribution is 5.74. The zero-order chi connectivity index (χ0) is 15.4. The van der Waals surface area contributed by atoms with Crippen LogP contribution in [-0.2, 0) is 13.0 Å². The average Bonchev–Trinajstić information content (AvgIpc) is 2.56. The van der Waals surface area contributed by atoms with E-state index in [0.717, 1.165) is 18.7 Å². The number of ether oxygens (including phenoxy) is 1.